The first kappa shape index (κ1) is 14.0. The van der Waals surface area contributed by atoms with Crippen molar-refractivity contribution in [2.24, 2.45) is 0 Å². The maximum Gasteiger partial charge on any atom is 0.407 e. The van der Waals surface area contributed by atoms with Gasteiger partial charge in [-0.2, -0.15) is 11.3 Å². The molecule has 4 nitrogen and oxygen atoms in total. The number of amides is 1. The predicted molar refractivity (Wildman–Crippen MR) is 68.1 cm³/mol. The van der Waals surface area contributed by atoms with Crippen LogP contribution in [0, 0.1) is 0 Å². The lowest BCUT2D eigenvalue weighted by molar-refractivity contribution is 0.0518. The highest BCUT2D eigenvalue weighted by atomic mass is 32.1. The molecule has 0 spiro atoms. The Bertz CT molecular complexity index is 343. The van der Waals surface area contributed by atoms with E-state index in [1.54, 1.807) is 11.3 Å². The largest absolute Gasteiger partial charge is 0.444 e. The van der Waals surface area contributed by atoms with Crippen LogP contribution in [0.1, 0.15) is 38.9 Å². The summed E-state index contributed by atoms with van der Waals surface area (Å²) in [5.41, 5.74) is 0.400. The van der Waals surface area contributed by atoms with Crippen molar-refractivity contribution in [1.29, 1.82) is 0 Å². The summed E-state index contributed by atoms with van der Waals surface area (Å²) in [6.07, 6.45) is -0.498. The number of nitrogens with one attached hydrogen (secondary N) is 1. The Morgan fingerprint density at radius 1 is 1.59 bits per heavy atom. The van der Waals surface area contributed by atoms with Gasteiger partial charge in [-0.05, 0) is 49.6 Å². The minimum atomic E-state index is -0.531. The van der Waals surface area contributed by atoms with E-state index in [0.717, 1.165) is 5.56 Å². The van der Waals surface area contributed by atoms with Crippen molar-refractivity contribution >= 4 is 17.4 Å². The van der Waals surface area contributed by atoms with Crippen LogP contribution in [-0.2, 0) is 4.74 Å². The van der Waals surface area contributed by atoms with Gasteiger partial charge in [-0.15, -0.1) is 0 Å². The third kappa shape index (κ3) is 5.70. The summed E-state index contributed by atoms with van der Waals surface area (Å²) < 4.78 is 5.08. The predicted octanol–water partition coefficient (Wildman–Crippen LogP) is 2.70. The van der Waals surface area contributed by atoms with Gasteiger partial charge in [0.05, 0.1) is 6.10 Å². The Hall–Kier alpha value is -1.07. The SMILES string of the molecule is CC(C)(C)OC(=O)NCC[C@@H](O)c1ccsc1. The molecule has 0 aliphatic heterocycles. The molecule has 1 aromatic rings. The summed E-state index contributed by atoms with van der Waals surface area (Å²) in [5, 5.41) is 16.2. The molecule has 0 saturated heterocycles. The molecular formula is C12H19NO3S. The first-order valence-electron chi connectivity index (χ1n) is 5.55. The van der Waals surface area contributed by atoms with Gasteiger partial charge in [-0.3, -0.25) is 0 Å². The van der Waals surface area contributed by atoms with Crippen LogP contribution in [0.2, 0.25) is 0 Å². The Balaban J connectivity index is 2.22. The van der Waals surface area contributed by atoms with Crippen LogP contribution < -0.4 is 5.32 Å². The van der Waals surface area contributed by atoms with E-state index in [1.807, 2.05) is 37.6 Å². The molecule has 1 heterocycles. The summed E-state index contributed by atoms with van der Waals surface area (Å²) in [7, 11) is 0. The molecule has 0 fully saturated rings. The Kier molecular flexibility index (Phi) is 4.96. The number of rotatable bonds is 4. The Labute approximate surface area is 106 Å². The fraction of sp³-hybridized carbons (Fsp3) is 0.583. The summed E-state index contributed by atoms with van der Waals surface area (Å²) in [6.45, 7) is 5.83. The Morgan fingerprint density at radius 2 is 2.29 bits per heavy atom. The first-order valence-corrected chi connectivity index (χ1v) is 6.50. The summed E-state index contributed by atoms with van der Waals surface area (Å²) in [4.78, 5) is 11.3. The van der Waals surface area contributed by atoms with Crippen LogP contribution in [-0.4, -0.2) is 23.3 Å². The van der Waals surface area contributed by atoms with Crippen LogP contribution in [0.4, 0.5) is 4.79 Å². The van der Waals surface area contributed by atoms with Crippen LogP contribution in [0.25, 0.3) is 0 Å². The van der Waals surface area contributed by atoms with E-state index in [-0.39, 0.29) is 0 Å². The highest BCUT2D eigenvalue weighted by molar-refractivity contribution is 7.07. The van der Waals surface area contributed by atoms with E-state index in [4.69, 9.17) is 4.74 Å². The topological polar surface area (TPSA) is 58.6 Å². The van der Waals surface area contributed by atoms with E-state index < -0.39 is 17.8 Å². The molecule has 0 radical (unpaired) electrons. The number of ether oxygens (including phenoxy) is 1. The number of hydrogen-bond acceptors (Lipinski definition) is 4. The van der Waals surface area contributed by atoms with Crippen molar-refractivity contribution in [3.8, 4) is 0 Å². The van der Waals surface area contributed by atoms with Crippen LogP contribution >= 0.6 is 11.3 Å². The maximum absolute atomic E-state index is 11.3. The molecule has 0 saturated carbocycles. The van der Waals surface area contributed by atoms with Crippen molar-refractivity contribution in [2.75, 3.05) is 6.54 Å². The van der Waals surface area contributed by atoms with E-state index in [0.29, 0.717) is 13.0 Å². The van der Waals surface area contributed by atoms with Crippen molar-refractivity contribution in [1.82, 2.24) is 5.32 Å². The van der Waals surface area contributed by atoms with Crippen molar-refractivity contribution in [3.05, 3.63) is 22.4 Å². The zero-order valence-electron chi connectivity index (χ0n) is 10.4. The van der Waals surface area contributed by atoms with Crippen LogP contribution in [0.5, 0.6) is 0 Å². The van der Waals surface area contributed by atoms with Gasteiger partial charge in [0.15, 0.2) is 0 Å². The van der Waals surface area contributed by atoms with E-state index in [9.17, 15) is 9.90 Å². The fourth-order valence-electron chi connectivity index (χ4n) is 1.26. The quantitative estimate of drug-likeness (QED) is 0.872. The number of aliphatic hydroxyl groups excluding tert-OH is 1. The molecule has 1 aromatic heterocycles. The van der Waals surface area contributed by atoms with Gasteiger partial charge in [0.25, 0.3) is 0 Å². The molecule has 2 N–H and O–H groups in total. The Morgan fingerprint density at radius 3 is 2.82 bits per heavy atom. The molecule has 1 rings (SSSR count). The highest BCUT2D eigenvalue weighted by Gasteiger charge is 2.16. The number of alkyl carbamates (subject to hydrolysis) is 1. The average molecular weight is 257 g/mol. The number of hydrogen-bond donors (Lipinski definition) is 2. The fourth-order valence-corrected chi connectivity index (χ4v) is 1.96. The minimum absolute atomic E-state index is 0.395. The second-order valence-corrected chi connectivity index (χ2v) is 5.57. The molecule has 0 aliphatic rings. The van der Waals surface area contributed by atoms with Crippen molar-refractivity contribution in [3.63, 3.8) is 0 Å². The third-order valence-electron chi connectivity index (χ3n) is 2.01. The number of aliphatic hydroxyl groups is 1. The van der Waals surface area contributed by atoms with E-state index in [2.05, 4.69) is 5.32 Å². The average Bonchev–Trinajstić information content (AvgIpc) is 2.66. The maximum atomic E-state index is 11.3. The van der Waals surface area contributed by atoms with E-state index in [1.165, 1.54) is 0 Å². The normalized spacial score (nSPS) is 13.2. The molecule has 5 heteroatoms. The number of carbonyl (C=O) groups is 1. The molecule has 17 heavy (non-hydrogen) atoms. The van der Waals surface area contributed by atoms with Gasteiger partial charge in [0.2, 0.25) is 0 Å². The molecule has 1 amide bonds. The van der Waals surface area contributed by atoms with Gasteiger partial charge in [-0.25, -0.2) is 4.79 Å². The van der Waals surface area contributed by atoms with E-state index >= 15 is 0 Å². The third-order valence-corrected chi connectivity index (χ3v) is 2.72. The molecule has 0 bridgehead atoms. The van der Waals surface area contributed by atoms with Gasteiger partial charge >= 0.3 is 6.09 Å². The first-order chi connectivity index (χ1) is 7.88. The minimum Gasteiger partial charge on any atom is -0.444 e. The van der Waals surface area contributed by atoms with Crippen LogP contribution in [0.3, 0.4) is 0 Å². The lowest BCUT2D eigenvalue weighted by Crippen LogP contribution is -2.33. The zero-order valence-corrected chi connectivity index (χ0v) is 11.2. The van der Waals surface area contributed by atoms with Crippen molar-refractivity contribution in [2.45, 2.75) is 38.9 Å². The van der Waals surface area contributed by atoms with Gasteiger partial charge in [-0.1, -0.05) is 0 Å². The second-order valence-electron chi connectivity index (χ2n) is 4.79. The summed E-state index contributed by atoms with van der Waals surface area (Å²) in [5.74, 6) is 0. The standard InChI is InChI=1S/C12H19NO3S/c1-12(2,3)16-11(15)13-6-4-10(14)9-5-7-17-8-9/h5,7-8,10,14H,4,6H2,1-3H3,(H,13,15)/t10-/m1/s1. The zero-order chi connectivity index (χ0) is 12.9. The highest BCUT2D eigenvalue weighted by Crippen LogP contribution is 2.18. The smallest absolute Gasteiger partial charge is 0.407 e. The van der Waals surface area contributed by atoms with Gasteiger partial charge < -0.3 is 15.2 Å². The molecular weight excluding hydrogens is 238 g/mol. The monoisotopic (exact) mass is 257 g/mol. The summed E-state index contributed by atoms with van der Waals surface area (Å²) in [6, 6.07) is 1.88. The molecule has 0 unspecified atom stereocenters. The molecule has 0 aromatic carbocycles. The van der Waals surface area contributed by atoms with Gasteiger partial charge in [0.1, 0.15) is 5.60 Å². The summed E-state index contributed by atoms with van der Waals surface area (Å²) >= 11 is 1.54. The molecule has 1 atom stereocenters. The lowest BCUT2D eigenvalue weighted by atomic mass is 10.1. The number of carbonyl (C=O) groups excluding carboxylic acids is 1. The van der Waals surface area contributed by atoms with Crippen LogP contribution in [0.15, 0.2) is 16.8 Å². The van der Waals surface area contributed by atoms with Crippen molar-refractivity contribution < 1.29 is 14.6 Å². The molecule has 0 aliphatic carbocycles. The number of thiophene rings is 1. The second kappa shape index (κ2) is 6.02. The lowest BCUT2D eigenvalue weighted by Gasteiger charge is -2.20. The molecule has 96 valence electrons. The van der Waals surface area contributed by atoms with Gasteiger partial charge in [0, 0.05) is 6.54 Å².